The Morgan fingerprint density at radius 1 is 1.35 bits per heavy atom. The van der Waals surface area contributed by atoms with Gasteiger partial charge in [0.25, 0.3) is 5.56 Å². The molecule has 0 amide bonds. The van der Waals surface area contributed by atoms with Gasteiger partial charge in [0, 0.05) is 25.3 Å². The molecule has 144 valence electrons. The van der Waals surface area contributed by atoms with E-state index in [-0.39, 0.29) is 30.8 Å². The molecule has 0 aromatic carbocycles. The summed E-state index contributed by atoms with van der Waals surface area (Å²) in [6.07, 6.45) is -2.67. The Morgan fingerprint density at radius 3 is 2.65 bits per heavy atom. The van der Waals surface area contributed by atoms with Crippen molar-refractivity contribution in [2.24, 2.45) is 0 Å². The number of Topliss-reactive ketones (excluding diaryl/α,β-unsaturated/α-hetero) is 1. The molecule has 0 unspecified atom stereocenters. The number of carbonyl (C=O) groups excluding carboxylic acids is 2. The van der Waals surface area contributed by atoms with Crippen LogP contribution in [-0.4, -0.2) is 58.4 Å². The van der Waals surface area contributed by atoms with Gasteiger partial charge in [-0.3, -0.25) is 19.1 Å². The Hall–Kier alpha value is -2.30. The van der Waals surface area contributed by atoms with Crippen LogP contribution in [-0.2, 0) is 23.8 Å². The maximum atomic E-state index is 12.0. The minimum Gasteiger partial charge on any atom is -0.463 e. The number of aliphatic hydroxyl groups excluding tert-OH is 1. The van der Waals surface area contributed by atoms with Crippen LogP contribution < -0.4 is 11.2 Å². The van der Waals surface area contributed by atoms with E-state index in [0.29, 0.717) is 0 Å². The van der Waals surface area contributed by atoms with Gasteiger partial charge in [-0.15, -0.1) is 0 Å². The average molecular weight is 370 g/mol. The van der Waals surface area contributed by atoms with E-state index < -0.39 is 41.8 Å². The van der Waals surface area contributed by atoms with Crippen molar-refractivity contribution in [2.45, 2.75) is 51.2 Å². The molecule has 26 heavy (non-hydrogen) atoms. The SMILES string of the molecule is CO[C@@H]1[C@H](O)[C@@H](COC(=O)CCC(C)=O)O[C@H]1n1cc(C)c(=O)[nH]c1=O. The number of H-pyrrole nitrogens is 1. The molecule has 10 nitrogen and oxygen atoms in total. The van der Waals surface area contributed by atoms with Gasteiger partial charge in [-0.2, -0.15) is 0 Å². The standard InChI is InChI=1S/C16H22N2O8/c1-8-6-18(16(23)17-14(8)22)15-13(24-3)12(21)10(26-15)7-25-11(20)5-4-9(2)19/h6,10,12-13,15,21H,4-5,7H2,1-3H3,(H,17,22,23)/t10-,12-,13-,15-/m1/s1. The van der Waals surface area contributed by atoms with Crippen LogP contribution in [0.2, 0.25) is 0 Å². The van der Waals surface area contributed by atoms with Crippen LogP contribution in [0.4, 0.5) is 0 Å². The van der Waals surface area contributed by atoms with Gasteiger partial charge in [0.05, 0.1) is 6.42 Å². The zero-order chi connectivity index (χ0) is 19.4. The van der Waals surface area contributed by atoms with E-state index in [1.54, 1.807) is 0 Å². The smallest absolute Gasteiger partial charge is 0.330 e. The first-order chi connectivity index (χ1) is 12.2. The van der Waals surface area contributed by atoms with Crippen LogP contribution in [0.1, 0.15) is 31.6 Å². The number of ether oxygens (including phenoxy) is 3. The number of esters is 1. The average Bonchev–Trinajstić information content (AvgIpc) is 2.90. The van der Waals surface area contributed by atoms with Gasteiger partial charge in [0.2, 0.25) is 0 Å². The van der Waals surface area contributed by atoms with Crippen molar-refractivity contribution in [3.8, 4) is 0 Å². The molecule has 1 aliphatic rings. The van der Waals surface area contributed by atoms with Gasteiger partial charge in [-0.25, -0.2) is 4.79 Å². The van der Waals surface area contributed by atoms with Crippen molar-refractivity contribution in [1.82, 2.24) is 9.55 Å². The van der Waals surface area contributed by atoms with Crippen LogP contribution in [0.25, 0.3) is 0 Å². The highest BCUT2D eigenvalue weighted by Crippen LogP contribution is 2.30. The van der Waals surface area contributed by atoms with Crippen LogP contribution in [0.15, 0.2) is 15.8 Å². The highest BCUT2D eigenvalue weighted by molar-refractivity contribution is 5.80. The van der Waals surface area contributed by atoms with E-state index in [2.05, 4.69) is 4.98 Å². The predicted molar refractivity (Wildman–Crippen MR) is 87.6 cm³/mol. The fraction of sp³-hybridized carbons (Fsp3) is 0.625. The van der Waals surface area contributed by atoms with E-state index in [4.69, 9.17) is 14.2 Å². The zero-order valence-corrected chi connectivity index (χ0v) is 14.8. The van der Waals surface area contributed by atoms with Crippen molar-refractivity contribution < 1.29 is 28.9 Å². The van der Waals surface area contributed by atoms with E-state index in [0.717, 1.165) is 4.57 Å². The second-order valence-electron chi connectivity index (χ2n) is 6.12. The van der Waals surface area contributed by atoms with Crippen molar-refractivity contribution in [2.75, 3.05) is 13.7 Å². The molecule has 0 aliphatic carbocycles. The summed E-state index contributed by atoms with van der Waals surface area (Å²) in [5, 5.41) is 10.3. The molecular formula is C16H22N2O8. The number of aromatic amines is 1. The highest BCUT2D eigenvalue weighted by atomic mass is 16.6. The topological polar surface area (TPSA) is 137 Å². The Balaban J connectivity index is 2.10. The van der Waals surface area contributed by atoms with E-state index in [9.17, 15) is 24.3 Å². The van der Waals surface area contributed by atoms with Crippen molar-refractivity contribution in [3.05, 3.63) is 32.6 Å². The molecule has 0 saturated carbocycles. The lowest BCUT2D eigenvalue weighted by Gasteiger charge is -2.20. The van der Waals surface area contributed by atoms with Crippen LogP contribution in [0.5, 0.6) is 0 Å². The molecule has 1 aromatic rings. The second-order valence-corrected chi connectivity index (χ2v) is 6.12. The maximum absolute atomic E-state index is 12.0. The quantitative estimate of drug-likeness (QED) is 0.585. The van der Waals surface area contributed by atoms with Crippen molar-refractivity contribution >= 4 is 11.8 Å². The fourth-order valence-corrected chi connectivity index (χ4v) is 2.64. The minimum atomic E-state index is -1.16. The molecule has 10 heteroatoms. The first-order valence-electron chi connectivity index (χ1n) is 8.08. The number of carbonyl (C=O) groups is 2. The molecule has 0 spiro atoms. The maximum Gasteiger partial charge on any atom is 0.330 e. The largest absolute Gasteiger partial charge is 0.463 e. The summed E-state index contributed by atoms with van der Waals surface area (Å²) < 4.78 is 17.0. The fourth-order valence-electron chi connectivity index (χ4n) is 2.64. The second kappa shape index (κ2) is 8.39. The number of ketones is 1. The molecule has 2 N–H and O–H groups in total. The predicted octanol–water partition coefficient (Wildman–Crippen LogP) is -0.969. The summed E-state index contributed by atoms with van der Waals surface area (Å²) in [5.41, 5.74) is -0.940. The Bertz CT molecular complexity index is 783. The van der Waals surface area contributed by atoms with Crippen molar-refractivity contribution in [3.63, 3.8) is 0 Å². The number of aromatic nitrogens is 2. The number of hydrogen-bond donors (Lipinski definition) is 2. The number of methoxy groups -OCH3 is 1. The molecule has 4 atom stereocenters. The molecule has 0 bridgehead atoms. The minimum absolute atomic E-state index is 0.0616. The summed E-state index contributed by atoms with van der Waals surface area (Å²) >= 11 is 0. The van der Waals surface area contributed by atoms with E-state index in [1.807, 2.05) is 0 Å². The monoisotopic (exact) mass is 370 g/mol. The molecule has 1 aliphatic heterocycles. The Morgan fingerprint density at radius 2 is 2.04 bits per heavy atom. The number of hydrogen-bond acceptors (Lipinski definition) is 8. The molecular weight excluding hydrogens is 348 g/mol. The van der Waals surface area contributed by atoms with Gasteiger partial charge in [0.1, 0.15) is 30.7 Å². The zero-order valence-electron chi connectivity index (χ0n) is 14.8. The highest BCUT2D eigenvalue weighted by Gasteiger charge is 2.46. The Kier molecular flexibility index (Phi) is 6.46. The van der Waals surface area contributed by atoms with Crippen LogP contribution in [0.3, 0.4) is 0 Å². The third-order valence-electron chi connectivity index (χ3n) is 4.09. The molecule has 0 radical (unpaired) electrons. The summed E-state index contributed by atoms with van der Waals surface area (Å²) in [7, 11) is 1.34. The number of aryl methyl sites for hydroxylation is 1. The summed E-state index contributed by atoms with van der Waals surface area (Å²) in [4.78, 5) is 48.2. The lowest BCUT2D eigenvalue weighted by molar-refractivity contribution is -0.151. The van der Waals surface area contributed by atoms with Gasteiger partial charge >= 0.3 is 11.7 Å². The summed E-state index contributed by atoms with van der Waals surface area (Å²) in [5.74, 6) is -0.725. The van der Waals surface area contributed by atoms with Crippen LogP contribution >= 0.6 is 0 Å². The van der Waals surface area contributed by atoms with Crippen molar-refractivity contribution in [1.29, 1.82) is 0 Å². The van der Waals surface area contributed by atoms with Gasteiger partial charge in [-0.1, -0.05) is 0 Å². The van der Waals surface area contributed by atoms with Gasteiger partial charge in [-0.05, 0) is 13.8 Å². The molecule has 1 aromatic heterocycles. The summed E-state index contributed by atoms with van der Waals surface area (Å²) in [6, 6.07) is 0. The van der Waals surface area contributed by atoms with E-state index in [1.165, 1.54) is 27.2 Å². The number of rotatable bonds is 7. The van der Waals surface area contributed by atoms with Gasteiger partial charge < -0.3 is 24.1 Å². The first kappa shape index (κ1) is 20.0. The lowest BCUT2D eigenvalue weighted by Crippen LogP contribution is -2.39. The Labute approximate surface area is 148 Å². The number of aliphatic hydroxyl groups is 1. The molecule has 1 fully saturated rings. The third kappa shape index (κ3) is 4.45. The normalized spacial score (nSPS) is 25.2. The number of nitrogens with one attached hydrogen (secondary N) is 1. The van der Waals surface area contributed by atoms with Gasteiger partial charge in [0.15, 0.2) is 6.23 Å². The van der Waals surface area contributed by atoms with Crippen LogP contribution in [0, 0.1) is 6.92 Å². The first-order valence-corrected chi connectivity index (χ1v) is 8.08. The third-order valence-corrected chi connectivity index (χ3v) is 4.09. The molecule has 2 heterocycles. The number of nitrogens with zero attached hydrogens (tertiary/aromatic N) is 1. The lowest BCUT2D eigenvalue weighted by atomic mass is 10.1. The molecule has 1 saturated heterocycles. The summed E-state index contributed by atoms with van der Waals surface area (Å²) in [6.45, 7) is 2.64. The molecule has 2 rings (SSSR count). The van der Waals surface area contributed by atoms with E-state index >= 15 is 0 Å².